The third kappa shape index (κ3) is 3.28. The average molecular weight is 358 g/mol. The van der Waals surface area contributed by atoms with Crippen LogP contribution in [0.2, 0.25) is 5.02 Å². The van der Waals surface area contributed by atoms with Crippen LogP contribution >= 0.6 is 11.6 Å². The molecule has 2 fully saturated rings. The van der Waals surface area contributed by atoms with Crippen molar-refractivity contribution in [2.75, 3.05) is 19.7 Å². The standard InChI is InChI=1S/C17H21ClFNO4/c18-12-2-1-3-13(19)11(12)10-15(22)20-7-5-17(6-8-20)16(23)14(21)4-9-24-17/h1-3,14,16,21,23H,4-10H2/t14-,16-/m0/s1. The van der Waals surface area contributed by atoms with Crippen LogP contribution in [0.1, 0.15) is 24.8 Å². The van der Waals surface area contributed by atoms with Crippen LogP contribution in [0.5, 0.6) is 0 Å². The zero-order valence-electron chi connectivity index (χ0n) is 13.3. The van der Waals surface area contributed by atoms with Crippen molar-refractivity contribution in [3.63, 3.8) is 0 Å². The van der Waals surface area contributed by atoms with E-state index in [9.17, 15) is 19.4 Å². The number of aliphatic hydroxyl groups excluding tert-OH is 2. The molecule has 2 aliphatic rings. The maximum Gasteiger partial charge on any atom is 0.227 e. The molecule has 5 nitrogen and oxygen atoms in total. The molecule has 0 saturated carbocycles. The quantitative estimate of drug-likeness (QED) is 0.842. The molecule has 1 aromatic carbocycles. The molecule has 0 aromatic heterocycles. The highest BCUT2D eigenvalue weighted by Gasteiger charge is 2.48. The van der Waals surface area contributed by atoms with Crippen LogP contribution in [0.25, 0.3) is 0 Å². The van der Waals surface area contributed by atoms with E-state index in [2.05, 4.69) is 0 Å². The van der Waals surface area contributed by atoms with Gasteiger partial charge in [-0.1, -0.05) is 17.7 Å². The molecule has 0 unspecified atom stereocenters. The Labute approximate surface area is 145 Å². The number of halogens is 2. The lowest BCUT2D eigenvalue weighted by molar-refractivity contribution is -0.214. The van der Waals surface area contributed by atoms with E-state index in [0.717, 1.165) is 0 Å². The second kappa shape index (κ2) is 6.96. The summed E-state index contributed by atoms with van der Waals surface area (Å²) in [5.41, 5.74) is -0.585. The summed E-state index contributed by atoms with van der Waals surface area (Å²) < 4.78 is 19.6. The molecule has 1 amide bonds. The summed E-state index contributed by atoms with van der Waals surface area (Å²) in [4.78, 5) is 14.1. The van der Waals surface area contributed by atoms with Gasteiger partial charge in [0, 0.05) is 23.7 Å². The molecule has 2 heterocycles. The fourth-order valence-electron chi connectivity index (χ4n) is 3.52. The molecular formula is C17H21ClFNO4. The van der Waals surface area contributed by atoms with E-state index in [1.807, 2.05) is 0 Å². The second-order valence-corrected chi connectivity index (χ2v) is 6.88. The van der Waals surface area contributed by atoms with E-state index in [4.69, 9.17) is 16.3 Å². The minimum absolute atomic E-state index is 0.0927. The first kappa shape index (κ1) is 17.6. The highest BCUT2D eigenvalue weighted by molar-refractivity contribution is 6.31. The summed E-state index contributed by atoms with van der Waals surface area (Å²) in [5, 5.41) is 20.3. The van der Waals surface area contributed by atoms with Crippen molar-refractivity contribution in [1.82, 2.24) is 4.90 Å². The molecule has 2 N–H and O–H groups in total. The lowest BCUT2D eigenvalue weighted by Crippen LogP contribution is -2.60. The van der Waals surface area contributed by atoms with Gasteiger partial charge < -0.3 is 19.8 Å². The Morgan fingerprint density at radius 3 is 2.75 bits per heavy atom. The van der Waals surface area contributed by atoms with Crippen molar-refractivity contribution >= 4 is 17.5 Å². The van der Waals surface area contributed by atoms with Gasteiger partial charge in [0.05, 0.1) is 24.7 Å². The van der Waals surface area contributed by atoms with E-state index < -0.39 is 23.6 Å². The summed E-state index contributed by atoms with van der Waals surface area (Å²) in [6, 6.07) is 4.35. The molecule has 3 rings (SSSR count). The Hall–Kier alpha value is -1.21. The number of carbonyl (C=O) groups is 1. The van der Waals surface area contributed by atoms with Crippen LogP contribution in [0.15, 0.2) is 18.2 Å². The molecule has 132 valence electrons. The first-order valence-corrected chi connectivity index (χ1v) is 8.51. The smallest absolute Gasteiger partial charge is 0.227 e. The first-order chi connectivity index (χ1) is 11.4. The number of piperidine rings is 1. The summed E-state index contributed by atoms with van der Waals surface area (Å²) in [5.74, 6) is -0.693. The Balaban J connectivity index is 1.63. The monoisotopic (exact) mass is 357 g/mol. The van der Waals surface area contributed by atoms with Gasteiger partial charge in [-0.05, 0) is 31.4 Å². The Bertz CT molecular complexity index is 598. The molecule has 0 radical (unpaired) electrons. The lowest BCUT2D eigenvalue weighted by atomic mass is 9.80. The summed E-state index contributed by atoms with van der Waals surface area (Å²) in [7, 11) is 0. The van der Waals surface area contributed by atoms with Crippen LogP contribution in [0.3, 0.4) is 0 Å². The molecule has 0 bridgehead atoms. The maximum atomic E-state index is 13.8. The van der Waals surface area contributed by atoms with Gasteiger partial charge in [-0.15, -0.1) is 0 Å². The number of carbonyl (C=O) groups excluding carboxylic acids is 1. The third-order valence-corrected chi connectivity index (χ3v) is 5.41. The number of likely N-dealkylation sites (tertiary alicyclic amines) is 1. The number of hydrogen-bond donors (Lipinski definition) is 2. The zero-order chi connectivity index (χ0) is 17.3. The molecule has 2 atom stereocenters. The number of amides is 1. The molecule has 2 saturated heterocycles. The van der Waals surface area contributed by atoms with E-state index in [1.54, 1.807) is 11.0 Å². The van der Waals surface area contributed by atoms with Crippen molar-refractivity contribution in [1.29, 1.82) is 0 Å². The number of nitrogens with zero attached hydrogens (tertiary/aromatic N) is 1. The van der Waals surface area contributed by atoms with Crippen LogP contribution in [-0.2, 0) is 16.0 Å². The van der Waals surface area contributed by atoms with Crippen molar-refractivity contribution in [2.45, 2.75) is 43.5 Å². The van der Waals surface area contributed by atoms with Crippen LogP contribution < -0.4 is 0 Å². The van der Waals surface area contributed by atoms with Gasteiger partial charge in [0.15, 0.2) is 0 Å². The molecular weight excluding hydrogens is 337 g/mol. The first-order valence-electron chi connectivity index (χ1n) is 8.14. The van der Waals surface area contributed by atoms with Gasteiger partial charge >= 0.3 is 0 Å². The molecule has 1 spiro atoms. The predicted octanol–water partition coefficient (Wildman–Crippen LogP) is 1.52. The number of benzene rings is 1. The number of hydrogen-bond acceptors (Lipinski definition) is 4. The number of ether oxygens (including phenoxy) is 1. The normalized spacial score (nSPS) is 26.6. The van der Waals surface area contributed by atoms with Crippen molar-refractivity contribution < 1.29 is 24.1 Å². The predicted molar refractivity (Wildman–Crippen MR) is 86.2 cm³/mol. The average Bonchev–Trinajstić information content (AvgIpc) is 2.57. The van der Waals surface area contributed by atoms with Crippen LogP contribution in [0.4, 0.5) is 4.39 Å². The summed E-state index contributed by atoms with van der Waals surface area (Å²) >= 11 is 5.97. The lowest BCUT2D eigenvalue weighted by Gasteiger charge is -2.48. The van der Waals surface area contributed by atoms with Gasteiger partial charge in [-0.25, -0.2) is 4.39 Å². The Morgan fingerprint density at radius 2 is 2.08 bits per heavy atom. The fourth-order valence-corrected chi connectivity index (χ4v) is 3.75. The number of aliphatic hydroxyl groups is 2. The highest BCUT2D eigenvalue weighted by Crippen LogP contribution is 2.35. The largest absolute Gasteiger partial charge is 0.390 e. The minimum atomic E-state index is -0.940. The molecule has 24 heavy (non-hydrogen) atoms. The van der Waals surface area contributed by atoms with Crippen molar-refractivity contribution in [2.24, 2.45) is 0 Å². The van der Waals surface area contributed by atoms with Gasteiger partial charge in [-0.3, -0.25) is 4.79 Å². The molecule has 7 heteroatoms. The molecule has 2 aliphatic heterocycles. The van der Waals surface area contributed by atoms with Gasteiger partial charge in [0.25, 0.3) is 0 Å². The van der Waals surface area contributed by atoms with Gasteiger partial charge in [0.2, 0.25) is 5.91 Å². The van der Waals surface area contributed by atoms with E-state index >= 15 is 0 Å². The fraction of sp³-hybridized carbons (Fsp3) is 0.588. The third-order valence-electron chi connectivity index (χ3n) is 5.06. The highest BCUT2D eigenvalue weighted by atomic mass is 35.5. The molecule has 0 aliphatic carbocycles. The van der Waals surface area contributed by atoms with Crippen LogP contribution in [-0.4, -0.2) is 58.5 Å². The van der Waals surface area contributed by atoms with Crippen molar-refractivity contribution in [3.05, 3.63) is 34.6 Å². The maximum absolute atomic E-state index is 13.8. The molecule has 1 aromatic rings. The van der Waals surface area contributed by atoms with Crippen LogP contribution in [0, 0.1) is 5.82 Å². The van der Waals surface area contributed by atoms with E-state index in [-0.39, 0.29) is 22.9 Å². The van der Waals surface area contributed by atoms with Gasteiger partial charge in [0.1, 0.15) is 11.9 Å². The SMILES string of the molecule is O=C(Cc1c(F)cccc1Cl)N1CCC2(CC1)OCC[C@H](O)[C@@H]2O. The Kier molecular flexibility index (Phi) is 5.11. The minimum Gasteiger partial charge on any atom is -0.390 e. The van der Waals surface area contributed by atoms with E-state index in [1.165, 1.54) is 12.1 Å². The second-order valence-electron chi connectivity index (χ2n) is 6.47. The van der Waals surface area contributed by atoms with Crippen molar-refractivity contribution in [3.8, 4) is 0 Å². The number of rotatable bonds is 2. The van der Waals surface area contributed by atoms with Gasteiger partial charge in [-0.2, -0.15) is 0 Å². The topological polar surface area (TPSA) is 70.0 Å². The zero-order valence-corrected chi connectivity index (χ0v) is 14.0. The van der Waals surface area contributed by atoms with E-state index in [0.29, 0.717) is 39.0 Å². The summed E-state index contributed by atoms with van der Waals surface area (Å²) in [6.45, 7) is 1.19. The Morgan fingerprint density at radius 1 is 1.38 bits per heavy atom. The summed E-state index contributed by atoms with van der Waals surface area (Å²) in [6.07, 6.45) is -0.519.